The summed E-state index contributed by atoms with van der Waals surface area (Å²) < 4.78 is 24.5. The zero-order valence-electron chi connectivity index (χ0n) is 18.9. The molecule has 3 N–H and O–H groups in total. The van der Waals surface area contributed by atoms with E-state index in [9.17, 15) is 4.39 Å². The van der Waals surface area contributed by atoms with Crippen LogP contribution in [0.25, 0.3) is 10.9 Å². The normalized spacial score (nSPS) is 11.8. The molecule has 0 aliphatic rings. The van der Waals surface area contributed by atoms with Crippen LogP contribution < -0.4 is 10.6 Å². The van der Waals surface area contributed by atoms with Crippen molar-refractivity contribution in [3.05, 3.63) is 71.2 Å². The molecule has 1 heterocycles. The SMILES string of the molecule is CCNC(=NCc1cccc(COCCOCC)c1)NCCc1c[nH]c2ccc(F)cc12. The summed E-state index contributed by atoms with van der Waals surface area (Å²) in [6.07, 6.45) is 2.71. The number of ether oxygens (including phenoxy) is 2. The molecule has 3 rings (SSSR count). The maximum Gasteiger partial charge on any atom is 0.191 e. The Morgan fingerprint density at radius 1 is 1.03 bits per heavy atom. The van der Waals surface area contributed by atoms with Gasteiger partial charge >= 0.3 is 0 Å². The van der Waals surface area contributed by atoms with Crippen molar-refractivity contribution in [1.29, 1.82) is 0 Å². The summed E-state index contributed by atoms with van der Waals surface area (Å²) in [5.74, 6) is 0.542. The molecule has 32 heavy (non-hydrogen) atoms. The fourth-order valence-electron chi connectivity index (χ4n) is 3.46. The van der Waals surface area contributed by atoms with E-state index in [1.165, 1.54) is 6.07 Å². The minimum atomic E-state index is -0.219. The highest BCUT2D eigenvalue weighted by atomic mass is 19.1. The quantitative estimate of drug-likeness (QED) is 0.225. The third-order valence-electron chi connectivity index (χ3n) is 5.02. The lowest BCUT2D eigenvalue weighted by Gasteiger charge is -2.11. The molecular weight excluding hydrogens is 407 g/mol. The first-order chi connectivity index (χ1) is 15.7. The largest absolute Gasteiger partial charge is 0.379 e. The van der Waals surface area contributed by atoms with Crippen molar-refractivity contribution < 1.29 is 13.9 Å². The summed E-state index contributed by atoms with van der Waals surface area (Å²) in [5, 5.41) is 7.57. The highest BCUT2D eigenvalue weighted by Crippen LogP contribution is 2.19. The Labute approximate surface area is 189 Å². The van der Waals surface area contributed by atoms with E-state index in [1.807, 2.05) is 26.1 Å². The van der Waals surface area contributed by atoms with Crippen LogP contribution in [0.5, 0.6) is 0 Å². The molecule has 0 amide bonds. The molecule has 0 radical (unpaired) electrons. The van der Waals surface area contributed by atoms with E-state index in [4.69, 9.17) is 14.5 Å². The fourth-order valence-corrected chi connectivity index (χ4v) is 3.46. The van der Waals surface area contributed by atoms with Crippen LogP contribution in [0.1, 0.15) is 30.5 Å². The first kappa shape index (κ1) is 23.8. The predicted molar refractivity (Wildman–Crippen MR) is 127 cm³/mol. The minimum Gasteiger partial charge on any atom is -0.379 e. The van der Waals surface area contributed by atoms with E-state index in [2.05, 4.69) is 33.8 Å². The van der Waals surface area contributed by atoms with Crippen LogP contribution in [-0.2, 0) is 29.0 Å². The average molecular weight is 441 g/mol. The number of aromatic amines is 1. The Morgan fingerprint density at radius 2 is 1.88 bits per heavy atom. The number of fused-ring (bicyclic) bond motifs is 1. The number of guanidine groups is 1. The smallest absolute Gasteiger partial charge is 0.191 e. The lowest BCUT2D eigenvalue weighted by molar-refractivity contribution is 0.0453. The summed E-state index contributed by atoms with van der Waals surface area (Å²) >= 11 is 0. The van der Waals surface area contributed by atoms with Crippen LogP contribution in [0.3, 0.4) is 0 Å². The Morgan fingerprint density at radius 3 is 2.72 bits per heavy atom. The lowest BCUT2D eigenvalue weighted by Crippen LogP contribution is -2.38. The molecular formula is C25H33FN4O2. The summed E-state index contributed by atoms with van der Waals surface area (Å²) in [4.78, 5) is 7.90. The van der Waals surface area contributed by atoms with Crippen molar-refractivity contribution in [2.45, 2.75) is 33.4 Å². The molecule has 0 fully saturated rings. The molecule has 172 valence electrons. The molecule has 0 saturated carbocycles. The minimum absolute atomic E-state index is 0.219. The Balaban J connectivity index is 1.52. The van der Waals surface area contributed by atoms with E-state index >= 15 is 0 Å². The van der Waals surface area contributed by atoms with Gasteiger partial charge in [-0.3, -0.25) is 0 Å². The van der Waals surface area contributed by atoms with E-state index in [1.54, 1.807) is 12.1 Å². The maximum atomic E-state index is 13.6. The van der Waals surface area contributed by atoms with Crippen LogP contribution >= 0.6 is 0 Å². The monoisotopic (exact) mass is 440 g/mol. The van der Waals surface area contributed by atoms with Crippen LogP contribution in [0.2, 0.25) is 0 Å². The second-order valence-corrected chi connectivity index (χ2v) is 7.45. The van der Waals surface area contributed by atoms with Crippen molar-refractivity contribution in [3.8, 4) is 0 Å². The maximum absolute atomic E-state index is 13.6. The Kier molecular flexibility index (Phi) is 9.53. The topological polar surface area (TPSA) is 70.7 Å². The van der Waals surface area contributed by atoms with Gasteiger partial charge in [-0.2, -0.15) is 0 Å². The van der Waals surface area contributed by atoms with Gasteiger partial charge in [-0.25, -0.2) is 9.38 Å². The number of aliphatic imine (C=N–C) groups is 1. The number of hydrogen-bond acceptors (Lipinski definition) is 3. The molecule has 0 saturated heterocycles. The lowest BCUT2D eigenvalue weighted by atomic mass is 10.1. The van der Waals surface area contributed by atoms with Crippen LogP contribution in [0.4, 0.5) is 4.39 Å². The van der Waals surface area contributed by atoms with Gasteiger partial charge in [0.2, 0.25) is 0 Å². The van der Waals surface area contributed by atoms with Crippen molar-refractivity contribution in [2.24, 2.45) is 4.99 Å². The number of aromatic nitrogens is 1. The molecule has 7 heteroatoms. The van der Waals surface area contributed by atoms with Gasteiger partial charge in [0.1, 0.15) is 5.82 Å². The summed E-state index contributed by atoms with van der Waals surface area (Å²) in [6.45, 7) is 8.54. The molecule has 1 aromatic heterocycles. The number of H-pyrrole nitrogens is 1. The molecule has 0 spiro atoms. The number of hydrogen-bond donors (Lipinski definition) is 3. The average Bonchev–Trinajstić information content (AvgIpc) is 3.19. The van der Waals surface area contributed by atoms with Gasteiger partial charge in [-0.1, -0.05) is 24.3 Å². The zero-order valence-corrected chi connectivity index (χ0v) is 18.9. The van der Waals surface area contributed by atoms with Crippen molar-refractivity contribution in [1.82, 2.24) is 15.6 Å². The van der Waals surface area contributed by atoms with Crippen LogP contribution in [0, 0.1) is 5.82 Å². The number of nitrogens with one attached hydrogen (secondary N) is 3. The first-order valence-electron chi connectivity index (χ1n) is 11.2. The molecule has 0 atom stereocenters. The van der Waals surface area contributed by atoms with Gasteiger partial charge in [-0.15, -0.1) is 0 Å². The third-order valence-corrected chi connectivity index (χ3v) is 5.02. The first-order valence-corrected chi connectivity index (χ1v) is 11.2. The molecule has 0 bridgehead atoms. The highest BCUT2D eigenvalue weighted by Gasteiger charge is 2.06. The number of benzene rings is 2. The van der Waals surface area contributed by atoms with Crippen LogP contribution in [0.15, 0.2) is 53.7 Å². The fraction of sp³-hybridized carbons (Fsp3) is 0.400. The van der Waals surface area contributed by atoms with Gasteiger partial charge in [0, 0.05) is 36.8 Å². The van der Waals surface area contributed by atoms with Gasteiger partial charge < -0.3 is 25.1 Å². The van der Waals surface area contributed by atoms with Crippen molar-refractivity contribution >= 4 is 16.9 Å². The van der Waals surface area contributed by atoms with E-state index in [0.29, 0.717) is 39.5 Å². The van der Waals surface area contributed by atoms with E-state index in [0.717, 1.165) is 46.5 Å². The van der Waals surface area contributed by atoms with Gasteiger partial charge in [-0.05, 0) is 55.2 Å². The summed E-state index contributed by atoms with van der Waals surface area (Å²) in [5.41, 5.74) is 4.28. The number of rotatable bonds is 12. The van der Waals surface area contributed by atoms with Gasteiger partial charge in [0.15, 0.2) is 5.96 Å². The highest BCUT2D eigenvalue weighted by molar-refractivity contribution is 5.83. The van der Waals surface area contributed by atoms with E-state index in [-0.39, 0.29) is 5.82 Å². The standard InChI is InChI=1S/C25H33FN4O2/c1-3-27-25(28-11-10-21-17-29-24-9-8-22(26)15-23(21)24)30-16-19-6-5-7-20(14-19)18-32-13-12-31-4-2/h5-9,14-15,17,29H,3-4,10-13,16,18H2,1-2H3,(H2,27,28,30). The van der Waals surface area contributed by atoms with E-state index < -0.39 is 0 Å². The number of halogens is 1. The third kappa shape index (κ3) is 7.35. The zero-order chi connectivity index (χ0) is 22.6. The molecule has 0 aliphatic carbocycles. The van der Waals surface area contributed by atoms with Gasteiger partial charge in [0.05, 0.1) is 26.4 Å². The molecule has 2 aromatic carbocycles. The Hall–Kier alpha value is -2.90. The van der Waals surface area contributed by atoms with Crippen molar-refractivity contribution in [2.75, 3.05) is 32.9 Å². The summed E-state index contributed by atoms with van der Waals surface area (Å²) in [6, 6.07) is 13.1. The number of nitrogens with zero attached hydrogens (tertiary/aromatic N) is 1. The summed E-state index contributed by atoms with van der Waals surface area (Å²) in [7, 11) is 0. The van der Waals surface area contributed by atoms with Crippen LogP contribution in [-0.4, -0.2) is 43.9 Å². The second-order valence-electron chi connectivity index (χ2n) is 7.45. The molecule has 3 aromatic rings. The second kappa shape index (κ2) is 12.8. The van der Waals surface area contributed by atoms with Gasteiger partial charge in [0.25, 0.3) is 0 Å². The van der Waals surface area contributed by atoms with Crippen molar-refractivity contribution in [3.63, 3.8) is 0 Å². The molecule has 0 unspecified atom stereocenters. The predicted octanol–water partition coefficient (Wildman–Crippen LogP) is 4.16. The molecule has 6 nitrogen and oxygen atoms in total. The Bertz CT molecular complexity index is 1000. The molecule has 0 aliphatic heterocycles.